The second kappa shape index (κ2) is 6.50. The summed E-state index contributed by atoms with van der Waals surface area (Å²) in [5, 5.41) is 11.0. The third-order valence-corrected chi connectivity index (χ3v) is 2.19. The molecule has 1 aromatic rings. The van der Waals surface area contributed by atoms with E-state index < -0.39 is 35.3 Å². The summed E-state index contributed by atoms with van der Waals surface area (Å²) in [4.78, 5) is 2.43. The van der Waals surface area contributed by atoms with Crippen LogP contribution in [-0.4, -0.2) is 36.5 Å². The smallest absolute Gasteiger partial charge is 0.253 e. The van der Waals surface area contributed by atoms with Crippen LogP contribution in [-0.2, 0) is 4.74 Å². The number of aromatic nitrogens is 1. The monoisotopic (exact) mass is 268 g/mol. The van der Waals surface area contributed by atoms with Gasteiger partial charge in [-0.15, -0.1) is 0 Å². The number of rotatable bonds is 6. The molecule has 0 fully saturated rings. The van der Waals surface area contributed by atoms with Crippen molar-refractivity contribution in [3.63, 3.8) is 0 Å². The molecule has 1 rings (SSSR count). The van der Waals surface area contributed by atoms with Gasteiger partial charge in [0.15, 0.2) is 0 Å². The third-order valence-electron chi connectivity index (χ3n) is 2.19. The first-order valence-electron chi connectivity index (χ1n) is 5.07. The lowest BCUT2D eigenvalue weighted by Crippen LogP contribution is -2.28. The van der Waals surface area contributed by atoms with E-state index in [2.05, 4.69) is 10.3 Å². The highest BCUT2D eigenvalue weighted by atomic mass is 19.2. The number of nitrogens with one attached hydrogen (secondary N) is 1. The SMILES string of the molecule is COCC(CCO)Nc1c(F)c(F)nc(F)c1F. The van der Waals surface area contributed by atoms with Crippen LogP contribution in [0.5, 0.6) is 0 Å². The number of ether oxygens (including phenoxy) is 1. The van der Waals surface area contributed by atoms with Crippen LogP contribution in [0.1, 0.15) is 6.42 Å². The molecule has 1 heterocycles. The van der Waals surface area contributed by atoms with E-state index in [1.165, 1.54) is 7.11 Å². The molecule has 18 heavy (non-hydrogen) atoms. The number of aliphatic hydroxyl groups excluding tert-OH is 1. The minimum Gasteiger partial charge on any atom is -0.396 e. The molecule has 0 saturated carbocycles. The van der Waals surface area contributed by atoms with Gasteiger partial charge in [-0.25, -0.2) is 0 Å². The number of aliphatic hydroxyl groups is 1. The first kappa shape index (κ1) is 14.7. The van der Waals surface area contributed by atoms with Crippen LogP contribution in [0, 0.1) is 23.5 Å². The standard InChI is InChI=1S/C10H12F4N2O2/c1-18-4-5(2-3-17)15-8-6(11)9(13)16-10(14)7(8)12/h5,17H,2-4H2,1H3,(H,15,16). The molecule has 0 aliphatic heterocycles. The van der Waals surface area contributed by atoms with Crippen molar-refractivity contribution >= 4 is 5.69 Å². The van der Waals surface area contributed by atoms with Crippen molar-refractivity contribution in [1.29, 1.82) is 0 Å². The lowest BCUT2D eigenvalue weighted by molar-refractivity contribution is 0.170. The van der Waals surface area contributed by atoms with E-state index in [0.29, 0.717) is 0 Å². The Morgan fingerprint density at radius 2 is 1.78 bits per heavy atom. The molecule has 1 atom stereocenters. The Balaban J connectivity index is 3.01. The maximum absolute atomic E-state index is 13.3. The van der Waals surface area contributed by atoms with Gasteiger partial charge in [0, 0.05) is 13.7 Å². The molecule has 0 radical (unpaired) electrons. The van der Waals surface area contributed by atoms with Gasteiger partial charge in [-0.05, 0) is 6.42 Å². The summed E-state index contributed by atoms with van der Waals surface area (Å²) in [5.74, 6) is -6.71. The van der Waals surface area contributed by atoms with E-state index in [-0.39, 0.29) is 19.6 Å². The van der Waals surface area contributed by atoms with Crippen LogP contribution >= 0.6 is 0 Å². The molecular formula is C10H12F4N2O2. The fourth-order valence-corrected chi connectivity index (χ4v) is 1.37. The van der Waals surface area contributed by atoms with E-state index in [4.69, 9.17) is 9.84 Å². The van der Waals surface area contributed by atoms with Gasteiger partial charge in [0.05, 0.1) is 12.6 Å². The molecule has 0 aromatic carbocycles. The number of anilines is 1. The van der Waals surface area contributed by atoms with Gasteiger partial charge in [-0.3, -0.25) is 0 Å². The Labute approximate surface area is 101 Å². The quantitative estimate of drug-likeness (QED) is 0.605. The minimum absolute atomic E-state index is 0.00496. The van der Waals surface area contributed by atoms with Crippen molar-refractivity contribution < 1.29 is 27.4 Å². The van der Waals surface area contributed by atoms with Gasteiger partial charge in [-0.2, -0.15) is 22.5 Å². The second-order valence-electron chi connectivity index (χ2n) is 3.51. The first-order chi connectivity index (χ1) is 8.51. The van der Waals surface area contributed by atoms with E-state index in [9.17, 15) is 17.6 Å². The number of methoxy groups -OCH3 is 1. The maximum Gasteiger partial charge on any atom is 0.253 e. The Bertz CT molecular complexity index is 385. The molecule has 2 N–H and O–H groups in total. The summed E-state index contributed by atoms with van der Waals surface area (Å²) >= 11 is 0. The molecule has 0 saturated heterocycles. The molecule has 1 aromatic heterocycles. The first-order valence-corrected chi connectivity index (χ1v) is 5.07. The zero-order valence-electron chi connectivity index (χ0n) is 9.51. The molecule has 0 aliphatic rings. The Morgan fingerprint density at radius 1 is 1.22 bits per heavy atom. The molecule has 0 amide bonds. The lowest BCUT2D eigenvalue weighted by Gasteiger charge is -2.19. The average Bonchev–Trinajstić information content (AvgIpc) is 2.32. The summed E-state index contributed by atoms with van der Waals surface area (Å²) in [7, 11) is 1.34. The van der Waals surface area contributed by atoms with Gasteiger partial charge >= 0.3 is 0 Å². The summed E-state index contributed by atoms with van der Waals surface area (Å²) in [6.45, 7) is -0.273. The fourth-order valence-electron chi connectivity index (χ4n) is 1.37. The van der Waals surface area contributed by atoms with Crippen LogP contribution in [0.25, 0.3) is 0 Å². The van der Waals surface area contributed by atoms with Crippen LogP contribution in [0.15, 0.2) is 0 Å². The topological polar surface area (TPSA) is 54.4 Å². The van der Waals surface area contributed by atoms with Crippen molar-refractivity contribution in [2.45, 2.75) is 12.5 Å². The normalized spacial score (nSPS) is 12.6. The van der Waals surface area contributed by atoms with Crippen LogP contribution in [0.4, 0.5) is 23.2 Å². The summed E-state index contributed by atoms with van der Waals surface area (Å²) < 4.78 is 57.0. The zero-order valence-corrected chi connectivity index (χ0v) is 9.51. The van der Waals surface area contributed by atoms with Gasteiger partial charge in [-0.1, -0.05) is 0 Å². The Hall–Kier alpha value is -1.41. The summed E-state index contributed by atoms with van der Waals surface area (Å²) in [6, 6.07) is -0.690. The molecular weight excluding hydrogens is 256 g/mol. The van der Waals surface area contributed by atoms with Crippen molar-refractivity contribution in [3.05, 3.63) is 23.5 Å². The highest BCUT2D eigenvalue weighted by molar-refractivity contribution is 5.46. The van der Waals surface area contributed by atoms with Crippen molar-refractivity contribution in [1.82, 2.24) is 4.98 Å². The van der Waals surface area contributed by atoms with Crippen LogP contribution in [0.2, 0.25) is 0 Å². The molecule has 4 nitrogen and oxygen atoms in total. The van der Waals surface area contributed by atoms with E-state index in [1.807, 2.05) is 0 Å². The number of hydrogen-bond acceptors (Lipinski definition) is 4. The number of hydrogen-bond donors (Lipinski definition) is 2. The lowest BCUT2D eigenvalue weighted by atomic mass is 10.2. The van der Waals surface area contributed by atoms with Gasteiger partial charge in [0.1, 0.15) is 5.69 Å². The molecule has 0 bridgehead atoms. The van der Waals surface area contributed by atoms with E-state index in [0.717, 1.165) is 0 Å². The maximum atomic E-state index is 13.3. The van der Waals surface area contributed by atoms with E-state index in [1.54, 1.807) is 0 Å². The second-order valence-corrected chi connectivity index (χ2v) is 3.51. The average molecular weight is 268 g/mol. The fraction of sp³-hybridized carbons (Fsp3) is 0.500. The Kier molecular flexibility index (Phi) is 5.29. The molecule has 102 valence electrons. The number of pyridine rings is 1. The minimum atomic E-state index is -1.74. The number of halogens is 4. The van der Waals surface area contributed by atoms with Gasteiger partial charge < -0.3 is 15.2 Å². The highest BCUT2D eigenvalue weighted by Gasteiger charge is 2.22. The Morgan fingerprint density at radius 3 is 2.22 bits per heavy atom. The third kappa shape index (κ3) is 3.30. The summed E-state index contributed by atoms with van der Waals surface area (Å²) in [6.07, 6.45) is 0.0955. The molecule has 8 heteroatoms. The molecule has 1 unspecified atom stereocenters. The molecule has 0 spiro atoms. The van der Waals surface area contributed by atoms with Crippen LogP contribution in [0.3, 0.4) is 0 Å². The predicted molar refractivity (Wildman–Crippen MR) is 55.1 cm³/mol. The van der Waals surface area contributed by atoms with Crippen LogP contribution < -0.4 is 5.32 Å². The van der Waals surface area contributed by atoms with Gasteiger partial charge in [0.25, 0.3) is 11.9 Å². The van der Waals surface area contributed by atoms with Crippen molar-refractivity contribution in [2.24, 2.45) is 0 Å². The highest BCUT2D eigenvalue weighted by Crippen LogP contribution is 2.23. The van der Waals surface area contributed by atoms with Crippen molar-refractivity contribution in [3.8, 4) is 0 Å². The van der Waals surface area contributed by atoms with E-state index >= 15 is 0 Å². The largest absolute Gasteiger partial charge is 0.396 e. The van der Waals surface area contributed by atoms with Gasteiger partial charge in [0.2, 0.25) is 11.6 Å². The molecule has 0 aliphatic carbocycles. The zero-order chi connectivity index (χ0) is 13.7. The number of nitrogens with zero attached hydrogens (tertiary/aromatic N) is 1. The predicted octanol–water partition coefficient (Wildman–Crippen LogP) is 1.45. The van der Waals surface area contributed by atoms with Crippen molar-refractivity contribution in [2.75, 3.05) is 25.6 Å². The summed E-state index contributed by atoms with van der Waals surface area (Å²) in [5.41, 5.74) is -0.962.